The van der Waals surface area contributed by atoms with Crippen LogP contribution in [-0.4, -0.2) is 59.2 Å². The Balaban J connectivity index is 2.27. The first kappa shape index (κ1) is 14.7. The number of nitrogen functional groups attached to an aromatic ring is 1. The van der Waals surface area contributed by atoms with Crippen LogP contribution in [0.15, 0.2) is 0 Å². The van der Waals surface area contributed by atoms with Crippen LogP contribution in [-0.2, 0) is 0 Å². The molecule has 1 aliphatic heterocycles. The topological polar surface area (TPSA) is 92.4 Å². The van der Waals surface area contributed by atoms with Gasteiger partial charge in [0.05, 0.1) is 6.61 Å². The van der Waals surface area contributed by atoms with Gasteiger partial charge in [0.1, 0.15) is 0 Å². The third-order valence-corrected chi connectivity index (χ3v) is 3.31. The van der Waals surface area contributed by atoms with Crippen LogP contribution in [0.4, 0.5) is 11.9 Å². The summed E-state index contributed by atoms with van der Waals surface area (Å²) in [6, 6.07) is 0.625. The van der Waals surface area contributed by atoms with Crippen molar-refractivity contribution in [1.29, 1.82) is 0 Å². The fourth-order valence-corrected chi connectivity index (χ4v) is 2.40. The standard InChI is InChI=1S/C12H23N7O/c1-4-20-12-15-10(17-13)14-11(16-12)19-7-5-6-18(3)8-9(19)2/h9H,4-8,13H2,1-3H3,(H,14,15,16,17). The molecule has 0 spiro atoms. The molecule has 112 valence electrons. The highest BCUT2D eigenvalue weighted by atomic mass is 16.5. The normalized spacial score (nSPS) is 20.6. The minimum Gasteiger partial charge on any atom is -0.464 e. The molecule has 0 aromatic carbocycles. The van der Waals surface area contributed by atoms with Crippen LogP contribution in [0.5, 0.6) is 6.01 Å². The lowest BCUT2D eigenvalue weighted by molar-refractivity contribution is 0.311. The zero-order valence-corrected chi connectivity index (χ0v) is 12.3. The number of hydrazine groups is 1. The molecular formula is C12H23N7O. The largest absolute Gasteiger partial charge is 0.464 e. The molecule has 8 nitrogen and oxygen atoms in total. The van der Waals surface area contributed by atoms with Gasteiger partial charge in [-0.3, -0.25) is 5.43 Å². The molecule has 1 aromatic rings. The molecule has 3 N–H and O–H groups in total. The summed E-state index contributed by atoms with van der Waals surface area (Å²) < 4.78 is 5.37. The molecule has 2 heterocycles. The monoisotopic (exact) mass is 281 g/mol. The highest BCUT2D eigenvalue weighted by Crippen LogP contribution is 2.19. The Hall–Kier alpha value is -1.67. The molecule has 0 bridgehead atoms. The van der Waals surface area contributed by atoms with Crippen molar-refractivity contribution in [3.63, 3.8) is 0 Å². The predicted octanol–water partition coefficient (Wildman–Crippen LogP) is 0.0863. The van der Waals surface area contributed by atoms with Gasteiger partial charge in [-0.15, -0.1) is 0 Å². The molecule has 1 atom stereocenters. The van der Waals surface area contributed by atoms with Crippen LogP contribution >= 0.6 is 0 Å². The van der Waals surface area contributed by atoms with Crippen LogP contribution in [0.1, 0.15) is 20.3 Å². The van der Waals surface area contributed by atoms with Crippen molar-refractivity contribution in [3.8, 4) is 6.01 Å². The first-order valence-electron chi connectivity index (χ1n) is 6.94. The van der Waals surface area contributed by atoms with Crippen molar-refractivity contribution in [2.75, 3.05) is 43.6 Å². The summed E-state index contributed by atoms with van der Waals surface area (Å²) in [5.41, 5.74) is 2.47. The van der Waals surface area contributed by atoms with E-state index >= 15 is 0 Å². The van der Waals surface area contributed by atoms with Crippen molar-refractivity contribution in [3.05, 3.63) is 0 Å². The number of anilines is 2. The Morgan fingerprint density at radius 3 is 2.85 bits per heavy atom. The smallest absolute Gasteiger partial charge is 0.323 e. The molecule has 0 saturated carbocycles. The summed E-state index contributed by atoms with van der Waals surface area (Å²) in [6.45, 7) is 7.52. The Kier molecular flexibility index (Phi) is 4.91. The molecule has 0 amide bonds. The Labute approximate surface area is 119 Å². The van der Waals surface area contributed by atoms with Crippen molar-refractivity contribution < 1.29 is 4.74 Å². The summed E-state index contributed by atoms with van der Waals surface area (Å²) in [7, 11) is 2.13. The van der Waals surface area contributed by atoms with Crippen LogP contribution in [0.2, 0.25) is 0 Å². The maximum absolute atomic E-state index is 5.42. The van der Waals surface area contributed by atoms with Crippen LogP contribution in [0, 0.1) is 0 Å². The summed E-state index contributed by atoms with van der Waals surface area (Å²) in [4.78, 5) is 17.3. The van der Waals surface area contributed by atoms with E-state index in [-0.39, 0.29) is 0 Å². The first-order chi connectivity index (χ1) is 9.63. The summed E-state index contributed by atoms with van der Waals surface area (Å²) >= 11 is 0. The number of likely N-dealkylation sites (N-methyl/N-ethyl adjacent to an activating group) is 1. The van der Waals surface area contributed by atoms with Crippen molar-refractivity contribution in [2.24, 2.45) is 5.84 Å². The van der Waals surface area contributed by atoms with Gasteiger partial charge in [0.25, 0.3) is 0 Å². The fourth-order valence-electron chi connectivity index (χ4n) is 2.40. The lowest BCUT2D eigenvalue weighted by Crippen LogP contribution is -2.39. The van der Waals surface area contributed by atoms with Crippen LogP contribution < -0.4 is 20.9 Å². The van der Waals surface area contributed by atoms with E-state index in [0.717, 1.165) is 26.1 Å². The number of nitrogens with zero attached hydrogens (tertiary/aromatic N) is 5. The molecule has 1 fully saturated rings. The van der Waals surface area contributed by atoms with E-state index in [4.69, 9.17) is 10.6 Å². The average molecular weight is 281 g/mol. The van der Waals surface area contributed by atoms with Gasteiger partial charge in [-0.1, -0.05) is 0 Å². The maximum atomic E-state index is 5.42. The third-order valence-electron chi connectivity index (χ3n) is 3.31. The highest BCUT2D eigenvalue weighted by molar-refractivity contribution is 5.39. The molecule has 0 radical (unpaired) electrons. The Bertz CT molecular complexity index is 442. The van der Waals surface area contributed by atoms with Gasteiger partial charge in [0, 0.05) is 19.1 Å². The molecule has 1 unspecified atom stereocenters. The van der Waals surface area contributed by atoms with Gasteiger partial charge in [0.15, 0.2) is 0 Å². The molecule has 20 heavy (non-hydrogen) atoms. The summed E-state index contributed by atoms with van der Waals surface area (Å²) in [5.74, 6) is 6.35. The van der Waals surface area contributed by atoms with E-state index < -0.39 is 0 Å². The number of rotatable bonds is 4. The first-order valence-corrected chi connectivity index (χ1v) is 6.94. The van der Waals surface area contributed by atoms with E-state index in [2.05, 4.69) is 44.1 Å². The highest BCUT2D eigenvalue weighted by Gasteiger charge is 2.23. The van der Waals surface area contributed by atoms with E-state index in [0.29, 0.717) is 30.6 Å². The van der Waals surface area contributed by atoms with Gasteiger partial charge in [-0.05, 0) is 33.9 Å². The molecule has 0 aliphatic carbocycles. The molecule has 1 aliphatic rings. The number of aromatic nitrogens is 3. The molecule has 1 saturated heterocycles. The van der Waals surface area contributed by atoms with Gasteiger partial charge in [-0.25, -0.2) is 5.84 Å². The molecule has 8 heteroatoms. The Morgan fingerprint density at radius 2 is 2.15 bits per heavy atom. The van der Waals surface area contributed by atoms with Crippen LogP contribution in [0.25, 0.3) is 0 Å². The molecule has 2 rings (SSSR count). The second kappa shape index (κ2) is 6.67. The Morgan fingerprint density at radius 1 is 1.35 bits per heavy atom. The van der Waals surface area contributed by atoms with Crippen molar-refractivity contribution >= 4 is 11.9 Å². The number of hydrogen-bond donors (Lipinski definition) is 2. The second-order valence-electron chi connectivity index (χ2n) is 4.98. The number of nitrogens with one attached hydrogen (secondary N) is 1. The number of nitrogens with two attached hydrogens (primary N) is 1. The third kappa shape index (κ3) is 3.45. The van der Waals surface area contributed by atoms with E-state index in [9.17, 15) is 0 Å². The quantitative estimate of drug-likeness (QED) is 0.592. The lowest BCUT2D eigenvalue weighted by Gasteiger charge is -2.28. The van der Waals surface area contributed by atoms with E-state index in [1.807, 2.05) is 6.92 Å². The minimum absolute atomic E-state index is 0.301. The lowest BCUT2D eigenvalue weighted by atomic mass is 10.3. The minimum atomic E-state index is 0.301. The number of ether oxygens (including phenoxy) is 1. The maximum Gasteiger partial charge on any atom is 0.323 e. The summed E-state index contributed by atoms with van der Waals surface area (Å²) in [5, 5.41) is 0. The van der Waals surface area contributed by atoms with Gasteiger partial charge in [-0.2, -0.15) is 15.0 Å². The summed E-state index contributed by atoms with van der Waals surface area (Å²) in [6.07, 6.45) is 1.07. The van der Waals surface area contributed by atoms with Gasteiger partial charge < -0.3 is 14.5 Å². The molecular weight excluding hydrogens is 258 g/mol. The zero-order chi connectivity index (χ0) is 14.5. The number of hydrogen-bond acceptors (Lipinski definition) is 8. The fraction of sp³-hybridized carbons (Fsp3) is 0.750. The van der Waals surface area contributed by atoms with Crippen LogP contribution in [0.3, 0.4) is 0 Å². The second-order valence-corrected chi connectivity index (χ2v) is 4.98. The van der Waals surface area contributed by atoms with Gasteiger partial charge in [0.2, 0.25) is 11.9 Å². The average Bonchev–Trinajstić information content (AvgIpc) is 2.59. The zero-order valence-electron chi connectivity index (χ0n) is 12.3. The van der Waals surface area contributed by atoms with Gasteiger partial charge >= 0.3 is 6.01 Å². The van der Waals surface area contributed by atoms with E-state index in [1.54, 1.807) is 0 Å². The van der Waals surface area contributed by atoms with Crippen molar-refractivity contribution in [2.45, 2.75) is 26.3 Å². The predicted molar refractivity (Wildman–Crippen MR) is 77.7 cm³/mol. The van der Waals surface area contributed by atoms with Crippen molar-refractivity contribution in [1.82, 2.24) is 19.9 Å². The van der Waals surface area contributed by atoms with E-state index in [1.165, 1.54) is 0 Å². The SMILES string of the molecule is CCOc1nc(NN)nc(N2CCCN(C)CC2C)n1. The molecule has 1 aromatic heterocycles.